The first-order valence-corrected chi connectivity index (χ1v) is 10.7. The minimum absolute atomic E-state index is 0.148. The second-order valence-corrected chi connectivity index (χ2v) is 13.4. The Hall–Kier alpha value is -0.613. The van der Waals surface area contributed by atoms with Gasteiger partial charge < -0.3 is 4.23 Å². The summed E-state index contributed by atoms with van der Waals surface area (Å²) < 4.78 is 17.3. The molecule has 0 aliphatic heterocycles. The number of rotatable bonds is 4. The molecule has 0 fully saturated rings. The predicted octanol–water partition coefficient (Wildman–Crippen LogP) is 6.57. The Morgan fingerprint density at radius 3 is 1.95 bits per heavy atom. The van der Waals surface area contributed by atoms with E-state index in [0.717, 1.165) is 10.9 Å². The van der Waals surface area contributed by atoms with Crippen LogP contribution in [-0.2, 0) is 0 Å². The molecule has 0 saturated heterocycles. The molecule has 4 heteroatoms. The lowest BCUT2D eigenvalue weighted by atomic mass is 10.2. The van der Waals surface area contributed by atoms with Crippen molar-refractivity contribution in [1.29, 1.82) is 0 Å². The average molecular weight is 370 g/mol. The lowest BCUT2D eigenvalue weighted by Crippen LogP contribution is -2.51. The second kappa shape index (κ2) is 5.88. The zero-order chi connectivity index (χ0) is 15.9. The lowest BCUT2D eigenvalue weighted by Gasteiger charge is -2.44. The van der Waals surface area contributed by atoms with Gasteiger partial charge in [0.15, 0.2) is 8.24 Å². The Balaban J connectivity index is 2.81. The maximum Gasteiger partial charge on any atom is 0.169 e. The van der Waals surface area contributed by atoms with Gasteiger partial charge in [-0.15, -0.1) is 0 Å². The standard InChI is InChI=1S/C17H25BrFNSi/c1-11(2)21(12(3)4,13(5)6)20-10-9-14-16(20)8-7-15(18)17(14)19/h7-13H,1-6H3. The van der Waals surface area contributed by atoms with Crippen molar-refractivity contribution in [3.8, 4) is 0 Å². The van der Waals surface area contributed by atoms with Crippen LogP contribution in [0.1, 0.15) is 41.5 Å². The first kappa shape index (κ1) is 16.8. The number of benzene rings is 1. The maximum absolute atomic E-state index is 14.4. The highest BCUT2D eigenvalue weighted by atomic mass is 79.9. The molecule has 0 aliphatic rings. The molecule has 2 aromatic rings. The summed E-state index contributed by atoms with van der Waals surface area (Å²) in [5, 5.41) is 0.725. The number of aromatic nitrogens is 1. The van der Waals surface area contributed by atoms with Crippen molar-refractivity contribution in [1.82, 2.24) is 4.23 Å². The summed E-state index contributed by atoms with van der Waals surface area (Å²) in [6.07, 6.45) is 2.12. The minimum Gasteiger partial charge on any atom is -0.373 e. The predicted molar refractivity (Wildman–Crippen MR) is 96.0 cm³/mol. The molecule has 1 nitrogen and oxygen atoms in total. The molecule has 0 bridgehead atoms. The van der Waals surface area contributed by atoms with E-state index < -0.39 is 8.24 Å². The molecule has 1 heterocycles. The number of hydrogen-bond acceptors (Lipinski definition) is 0. The lowest BCUT2D eigenvalue weighted by molar-refractivity contribution is 0.633. The fourth-order valence-corrected chi connectivity index (χ4v) is 11.3. The highest BCUT2D eigenvalue weighted by molar-refractivity contribution is 9.10. The van der Waals surface area contributed by atoms with Gasteiger partial charge in [0, 0.05) is 10.9 Å². The third kappa shape index (κ3) is 2.40. The van der Waals surface area contributed by atoms with Gasteiger partial charge in [0.05, 0.1) is 4.47 Å². The Labute approximate surface area is 136 Å². The molecule has 0 N–H and O–H groups in total. The quantitative estimate of drug-likeness (QED) is 0.537. The summed E-state index contributed by atoms with van der Waals surface area (Å²) in [6, 6.07) is 5.82. The van der Waals surface area contributed by atoms with Crippen molar-refractivity contribution in [2.24, 2.45) is 0 Å². The van der Waals surface area contributed by atoms with Crippen molar-refractivity contribution in [3.63, 3.8) is 0 Å². The monoisotopic (exact) mass is 369 g/mol. The Kier molecular flexibility index (Phi) is 4.69. The molecular weight excluding hydrogens is 345 g/mol. The van der Waals surface area contributed by atoms with Crippen LogP contribution in [0.25, 0.3) is 10.9 Å². The highest BCUT2D eigenvalue weighted by Gasteiger charge is 2.45. The maximum atomic E-state index is 14.4. The summed E-state index contributed by atoms with van der Waals surface area (Å²) >= 11 is 3.29. The molecule has 0 atom stereocenters. The Morgan fingerprint density at radius 1 is 0.952 bits per heavy atom. The van der Waals surface area contributed by atoms with E-state index in [-0.39, 0.29) is 5.82 Å². The molecule has 116 valence electrons. The van der Waals surface area contributed by atoms with Crippen LogP contribution in [0, 0.1) is 5.82 Å². The van der Waals surface area contributed by atoms with Crippen molar-refractivity contribution in [2.75, 3.05) is 0 Å². The van der Waals surface area contributed by atoms with Crippen LogP contribution in [0.4, 0.5) is 4.39 Å². The summed E-state index contributed by atoms with van der Waals surface area (Å²) in [6.45, 7) is 14.0. The van der Waals surface area contributed by atoms with Gasteiger partial charge in [-0.1, -0.05) is 41.5 Å². The van der Waals surface area contributed by atoms with Crippen LogP contribution in [0.3, 0.4) is 0 Å². The van der Waals surface area contributed by atoms with E-state index in [2.05, 4.69) is 74.0 Å². The normalized spacial score (nSPS) is 13.1. The van der Waals surface area contributed by atoms with E-state index in [1.807, 2.05) is 12.1 Å². The molecule has 0 amide bonds. The highest BCUT2D eigenvalue weighted by Crippen LogP contribution is 2.44. The van der Waals surface area contributed by atoms with Crippen molar-refractivity contribution in [2.45, 2.75) is 58.2 Å². The van der Waals surface area contributed by atoms with E-state index in [1.54, 1.807) is 0 Å². The number of hydrogen-bond donors (Lipinski definition) is 0. The van der Waals surface area contributed by atoms with Crippen LogP contribution in [0.5, 0.6) is 0 Å². The molecule has 1 aromatic heterocycles. The zero-order valence-electron chi connectivity index (χ0n) is 13.7. The van der Waals surface area contributed by atoms with Crippen molar-refractivity contribution >= 4 is 35.1 Å². The van der Waals surface area contributed by atoms with Crippen molar-refractivity contribution < 1.29 is 4.39 Å². The van der Waals surface area contributed by atoms with E-state index in [4.69, 9.17) is 0 Å². The van der Waals surface area contributed by atoms with Gasteiger partial charge in [-0.05, 0) is 56.9 Å². The minimum atomic E-state index is -1.82. The molecule has 0 aliphatic carbocycles. The van der Waals surface area contributed by atoms with Crippen LogP contribution in [0.2, 0.25) is 16.6 Å². The topological polar surface area (TPSA) is 4.93 Å². The van der Waals surface area contributed by atoms with Crippen LogP contribution in [0.15, 0.2) is 28.9 Å². The van der Waals surface area contributed by atoms with Gasteiger partial charge in [0.25, 0.3) is 0 Å². The van der Waals surface area contributed by atoms with Crippen LogP contribution >= 0.6 is 15.9 Å². The molecule has 0 radical (unpaired) electrons. The van der Waals surface area contributed by atoms with E-state index >= 15 is 0 Å². The fourth-order valence-electron chi connectivity index (χ4n) is 4.33. The summed E-state index contributed by atoms with van der Waals surface area (Å²) in [4.78, 5) is 0. The van der Waals surface area contributed by atoms with Gasteiger partial charge in [-0.3, -0.25) is 0 Å². The number of halogens is 2. The third-order valence-electron chi connectivity index (χ3n) is 4.95. The summed E-state index contributed by atoms with van der Waals surface area (Å²) in [5.74, 6) is -0.148. The van der Waals surface area contributed by atoms with Gasteiger partial charge in [-0.2, -0.15) is 0 Å². The molecule has 0 unspecified atom stereocenters. The van der Waals surface area contributed by atoms with Gasteiger partial charge >= 0.3 is 0 Å². The van der Waals surface area contributed by atoms with Gasteiger partial charge in [-0.25, -0.2) is 4.39 Å². The Bertz CT molecular complexity index is 624. The number of nitrogens with zero attached hydrogens (tertiary/aromatic N) is 1. The zero-order valence-corrected chi connectivity index (χ0v) is 16.3. The first-order chi connectivity index (χ1) is 9.74. The van der Waals surface area contributed by atoms with Gasteiger partial charge in [0.2, 0.25) is 0 Å². The fraction of sp³-hybridized carbons (Fsp3) is 0.529. The van der Waals surface area contributed by atoms with Crippen LogP contribution in [-0.4, -0.2) is 12.5 Å². The number of fused-ring (bicyclic) bond motifs is 1. The Morgan fingerprint density at radius 2 is 1.48 bits per heavy atom. The third-order valence-corrected chi connectivity index (χ3v) is 12.3. The molecule has 21 heavy (non-hydrogen) atoms. The van der Waals surface area contributed by atoms with E-state index in [1.165, 1.54) is 0 Å². The van der Waals surface area contributed by atoms with Crippen molar-refractivity contribution in [3.05, 3.63) is 34.7 Å². The molecular formula is C17H25BrFNSi. The summed E-state index contributed by atoms with van der Waals surface area (Å²) in [7, 11) is -1.82. The molecule has 1 aromatic carbocycles. The second-order valence-electron chi connectivity index (χ2n) is 6.83. The van der Waals surface area contributed by atoms with E-state index in [0.29, 0.717) is 21.1 Å². The van der Waals surface area contributed by atoms with E-state index in [9.17, 15) is 4.39 Å². The average Bonchev–Trinajstić information content (AvgIpc) is 2.78. The largest absolute Gasteiger partial charge is 0.373 e. The van der Waals surface area contributed by atoms with Crippen LogP contribution < -0.4 is 0 Å². The molecule has 0 spiro atoms. The van der Waals surface area contributed by atoms with Gasteiger partial charge in [0.1, 0.15) is 5.82 Å². The SMILES string of the molecule is CC(C)[Si](C(C)C)(C(C)C)n1ccc2c(F)c(Br)ccc21. The smallest absolute Gasteiger partial charge is 0.169 e. The summed E-state index contributed by atoms with van der Waals surface area (Å²) in [5.41, 5.74) is 2.83. The molecule has 0 saturated carbocycles. The first-order valence-electron chi connectivity index (χ1n) is 7.70. The molecule has 2 rings (SSSR count).